The number of esters is 1. The number of aliphatic hydroxyl groups is 1. The largest absolute Gasteiger partial charge is 0.462 e. The second-order valence-electron chi connectivity index (χ2n) is 7.93. The number of cyclic esters (lactones) is 1. The summed E-state index contributed by atoms with van der Waals surface area (Å²) in [6.45, 7) is 4.43. The molecular formula is C22H42O3. The van der Waals surface area contributed by atoms with Crippen LogP contribution in [0.2, 0.25) is 0 Å². The summed E-state index contributed by atoms with van der Waals surface area (Å²) in [6.07, 6.45) is 18.1. The number of unbranched alkanes of at least 4 members (excludes halogenated alkanes) is 11. The van der Waals surface area contributed by atoms with E-state index in [0.29, 0.717) is 6.42 Å². The molecule has 0 bridgehead atoms. The fraction of sp³-hybridized carbons (Fsp3) is 0.955. The SMILES string of the molecule is CCCCCCCCCCC[C@@H]1C[C@H](O)[C@H](CCCCCC)C(=O)O1. The molecule has 0 radical (unpaired) electrons. The first-order valence-corrected chi connectivity index (χ1v) is 11.1. The molecule has 0 unspecified atom stereocenters. The topological polar surface area (TPSA) is 46.5 Å². The van der Waals surface area contributed by atoms with E-state index < -0.39 is 6.10 Å². The zero-order valence-corrected chi connectivity index (χ0v) is 16.8. The molecule has 0 saturated carbocycles. The maximum absolute atomic E-state index is 12.2. The molecule has 1 fully saturated rings. The highest BCUT2D eigenvalue weighted by Gasteiger charge is 2.36. The molecule has 1 aliphatic heterocycles. The molecule has 0 aromatic rings. The fourth-order valence-electron chi connectivity index (χ4n) is 3.85. The molecule has 1 rings (SSSR count). The van der Waals surface area contributed by atoms with Crippen LogP contribution >= 0.6 is 0 Å². The van der Waals surface area contributed by atoms with Gasteiger partial charge in [-0.3, -0.25) is 4.79 Å². The van der Waals surface area contributed by atoms with E-state index in [4.69, 9.17) is 4.74 Å². The number of rotatable bonds is 15. The normalized spacial score (nSPS) is 23.6. The lowest BCUT2D eigenvalue weighted by molar-refractivity contribution is -0.170. The van der Waals surface area contributed by atoms with Crippen molar-refractivity contribution in [3.05, 3.63) is 0 Å². The Bertz CT molecular complexity index is 329. The van der Waals surface area contributed by atoms with Crippen molar-refractivity contribution < 1.29 is 14.6 Å². The second-order valence-corrected chi connectivity index (χ2v) is 7.93. The minimum atomic E-state index is -0.494. The van der Waals surface area contributed by atoms with E-state index >= 15 is 0 Å². The number of hydrogen-bond acceptors (Lipinski definition) is 3. The molecule has 3 atom stereocenters. The third-order valence-electron chi connectivity index (χ3n) is 5.55. The van der Waals surface area contributed by atoms with E-state index in [0.717, 1.165) is 32.1 Å². The number of ether oxygens (including phenoxy) is 1. The number of carbonyl (C=O) groups excluding carboxylic acids is 1. The smallest absolute Gasteiger partial charge is 0.311 e. The predicted octanol–water partition coefficient (Wildman–Crippen LogP) is 6.17. The molecule has 0 amide bonds. The Hall–Kier alpha value is -0.570. The highest BCUT2D eigenvalue weighted by molar-refractivity contribution is 5.74. The van der Waals surface area contributed by atoms with E-state index in [1.165, 1.54) is 64.2 Å². The summed E-state index contributed by atoms with van der Waals surface area (Å²) in [4.78, 5) is 12.2. The summed E-state index contributed by atoms with van der Waals surface area (Å²) in [5.41, 5.74) is 0. The average molecular weight is 355 g/mol. The van der Waals surface area contributed by atoms with Gasteiger partial charge in [0.25, 0.3) is 0 Å². The Morgan fingerprint density at radius 3 is 1.84 bits per heavy atom. The van der Waals surface area contributed by atoms with Crippen LogP contribution in [0.4, 0.5) is 0 Å². The van der Waals surface area contributed by atoms with Crippen molar-refractivity contribution in [2.75, 3.05) is 0 Å². The molecule has 0 spiro atoms. The third kappa shape index (κ3) is 10.2. The van der Waals surface area contributed by atoms with E-state index in [-0.39, 0.29) is 18.0 Å². The first-order valence-electron chi connectivity index (χ1n) is 11.1. The zero-order valence-electron chi connectivity index (χ0n) is 16.8. The molecule has 1 aliphatic rings. The van der Waals surface area contributed by atoms with Gasteiger partial charge in [-0.1, -0.05) is 90.9 Å². The third-order valence-corrected chi connectivity index (χ3v) is 5.55. The van der Waals surface area contributed by atoms with Crippen molar-refractivity contribution in [2.45, 2.75) is 129 Å². The maximum Gasteiger partial charge on any atom is 0.311 e. The Balaban J connectivity index is 2.06. The molecule has 3 heteroatoms. The zero-order chi connectivity index (χ0) is 18.3. The van der Waals surface area contributed by atoms with E-state index in [1.807, 2.05) is 0 Å². The van der Waals surface area contributed by atoms with Crippen molar-refractivity contribution in [1.29, 1.82) is 0 Å². The molecule has 0 aromatic heterocycles. The van der Waals surface area contributed by atoms with Crippen molar-refractivity contribution >= 4 is 5.97 Å². The van der Waals surface area contributed by atoms with Crippen LogP contribution in [0.3, 0.4) is 0 Å². The van der Waals surface area contributed by atoms with Crippen LogP contribution in [-0.4, -0.2) is 23.3 Å². The van der Waals surface area contributed by atoms with Crippen LogP contribution in [0.5, 0.6) is 0 Å². The van der Waals surface area contributed by atoms with Crippen LogP contribution in [0.15, 0.2) is 0 Å². The van der Waals surface area contributed by atoms with Crippen LogP contribution in [-0.2, 0) is 9.53 Å². The number of aliphatic hydroxyl groups excluding tert-OH is 1. The summed E-state index contributed by atoms with van der Waals surface area (Å²) in [7, 11) is 0. The monoisotopic (exact) mass is 354 g/mol. The minimum absolute atomic E-state index is 0.0565. The molecular weight excluding hydrogens is 312 g/mol. The lowest BCUT2D eigenvalue weighted by Gasteiger charge is -2.32. The Kier molecular flexibility index (Phi) is 13.1. The molecule has 1 N–H and O–H groups in total. The highest BCUT2D eigenvalue weighted by atomic mass is 16.5. The van der Waals surface area contributed by atoms with Crippen molar-refractivity contribution in [3.8, 4) is 0 Å². The van der Waals surface area contributed by atoms with Gasteiger partial charge in [-0.2, -0.15) is 0 Å². The van der Waals surface area contributed by atoms with Crippen molar-refractivity contribution in [2.24, 2.45) is 5.92 Å². The standard InChI is InChI=1S/C22H42O3/c1-3-5-7-9-10-11-12-13-14-16-19-18-21(23)20(22(24)25-19)17-15-8-6-4-2/h19-21,23H,3-18H2,1-2H3/t19-,20+,21+/m1/s1. The van der Waals surface area contributed by atoms with Gasteiger partial charge in [0.1, 0.15) is 6.10 Å². The highest BCUT2D eigenvalue weighted by Crippen LogP contribution is 2.28. The van der Waals surface area contributed by atoms with Gasteiger partial charge >= 0.3 is 5.97 Å². The van der Waals surface area contributed by atoms with Gasteiger partial charge < -0.3 is 9.84 Å². The summed E-state index contributed by atoms with van der Waals surface area (Å²) in [5, 5.41) is 10.3. The van der Waals surface area contributed by atoms with Crippen LogP contribution in [0.1, 0.15) is 117 Å². The average Bonchev–Trinajstić information content (AvgIpc) is 2.59. The number of hydrogen-bond donors (Lipinski definition) is 1. The predicted molar refractivity (Wildman–Crippen MR) is 105 cm³/mol. The van der Waals surface area contributed by atoms with Gasteiger partial charge in [0.15, 0.2) is 0 Å². The Labute approximate surface area is 155 Å². The second kappa shape index (κ2) is 14.6. The Morgan fingerprint density at radius 2 is 1.28 bits per heavy atom. The van der Waals surface area contributed by atoms with Gasteiger partial charge in [0, 0.05) is 6.42 Å². The van der Waals surface area contributed by atoms with Gasteiger partial charge in [0.05, 0.1) is 12.0 Å². The van der Waals surface area contributed by atoms with E-state index in [9.17, 15) is 9.90 Å². The lowest BCUT2D eigenvalue weighted by Crippen LogP contribution is -2.41. The van der Waals surface area contributed by atoms with Crippen LogP contribution in [0, 0.1) is 5.92 Å². The first-order chi connectivity index (χ1) is 12.2. The molecule has 0 aromatic carbocycles. The summed E-state index contributed by atoms with van der Waals surface area (Å²) in [5.74, 6) is -0.438. The Morgan fingerprint density at radius 1 is 0.800 bits per heavy atom. The summed E-state index contributed by atoms with van der Waals surface area (Å²) < 4.78 is 5.60. The van der Waals surface area contributed by atoms with Crippen LogP contribution < -0.4 is 0 Å². The van der Waals surface area contributed by atoms with Crippen molar-refractivity contribution in [3.63, 3.8) is 0 Å². The molecule has 1 saturated heterocycles. The maximum atomic E-state index is 12.2. The van der Waals surface area contributed by atoms with Gasteiger partial charge in [0.2, 0.25) is 0 Å². The minimum Gasteiger partial charge on any atom is -0.462 e. The summed E-state index contributed by atoms with van der Waals surface area (Å²) >= 11 is 0. The van der Waals surface area contributed by atoms with Gasteiger partial charge in [-0.25, -0.2) is 0 Å². The van der Waals surface area contributed by atoms with Crippen molar-refractivity contribution in [1.82, 2.24) is 0 Å². The molecule has 0 aliphatic carbocycles. The summed E-state index contributed by atoms with van der Waals surface area (Å²) in [6, 6.07) is 0. The molecule has 148 valence electrons. The van der Waals surface area contributed by atoms with E-state index in [2.05, 4.69) is 13.8 Å². The molecule has 3 nitrogen and oxygen atoms in total. The van der Waals surface area contributed by atoms with Crippen LogP contribution in [0.25, 0.3) is 0 Å². The first kappa shape index (κ1) is 22.5. The molecule has 1 heterocycles. The van der Waals surface area contributed by atoms with Gasteiger partial charge in [-0.15, -0.1) is 0 Å². The van der Waals surface area contributed by atoms with Gasteiger partial charge in [-0.05, 0) is 19.3 Å². The number of carbonyl (C=O) groups is 1. The fourth-order valence-corrected chi connectivity index (χ4v) is 3.85. The lowest BCUT2D eigenvalue weighted by atomic mass is 9.88. The van der Waals surface area contributed by atoms with E-state index in [1.54, 1.807) is 0 Å². The molecule has 25 heavy (non-hydrogen) atoms. The quantitative estimate of drug-likeness (QED) is 0.282.